The van der Waals surface area contributed by atoms with Crippen LogP contribution in [0.5, 0.6) is 0 Å². The lowest BCUT2D eigenvalue weighted by atomic mass is 10.0. The van der Waals surface area contributed by atoms with Crippen LogP contribution in [0.3, 0.4) is 0 Å². The van der Waals surface area contributed by atoms with Crippen LogP contribution in [0.25, 0.3) is 0 Å². The van der Waals surface area contributed by atoms with E-state index in [1.165, 1.54) is 12.1 Å². The molecule has 1 unspecified atom stereocenters. The average Bonchev–Trinajstić information content (AvgIpc) is 2.22. The molecule has 0 aliphatic rings. The van der Waals surface area contributed by atoms with Crippen molar-refractivity contribution in [2.24, 2.45) is 0 Å². The molecule has 1 aromatic rings. The molecule has 7 heteroatoms. The Morgan fingerprint density at radius 2 is 1.90 bits per heavy atom. The van der Waals surface area contributed by atoms with Gasteiger partial charge in [-0.25, -0.2) is 21.9 Å². The van der Waals surface area contributed by atoms with E-state index < -0.39 is 27.2 Å². The Balaban J connectivity index is 2.69. The van der Waals surface area contributed by atoms with Crippen molar-refractivity contribution in [1.29, 1.82) is 0 Å². The minimum absolute atomic E-state index is 0.304. The van der Waals surface area contributed by atoms with Gasteiger partial charge >= 0.3 is 0 Å². The molecule has 0 heterocycles. The van der Waals surface area contributed by atoms with Crippen LogP contribution in [-0.4, -0.2) is 26.8 Å². The monoisotopic (exact) mass is 306 g/mol. The van der Waals surface area contributed by atoms with Gasteiger partial charge < -0.3 is 5.32 Å². The summed E-state index contributed by atoms with van der Waals surface area (Å²) in [6.07, 6.45) is 1.08. The molecule has 0 amide bonds. The predicted octanol–water partition coefficient (Wildman–Crippen LogP) is 1.94. The molecule has 0 bridgehead atoms. The van der Waals surface area contributed by atoms with Crippen molar-refractivity contribution in [2.45, 2.75) is 32.4 Å². The van der Waals surface area contributed by atoms with Crippen LogP contribution in [-0.2, 0) is 10.0 Å². The molecule has 0 radical (unpaired) electrons. The van der Waals surface area contributed by atoms with Gasteiger partial charge in [-0.3, -0.25) is 0 Å². The smallest absolute Gasteiger partial charge is 0.209 e. The van der Waals surface area contributed by atoms with E-state index >= 15 is 0 Å². The summed E-state index contributed by atoms with van der Waals surface area (Å²) in [5.74, 6) is -1.25. The fourth-order valence-electron chi connectivity index (χ4n) is 1.91. The highest BCUT2D eigenvalue weighted by Crippen LogP contribution is 2.18. The van der Waals surface area contributed by atoms with Crippen LogP contribution in [0.15, 0.2) is 18.2 Å². The summed E-state index contributed by atoms with van der Waals surface area (Å²) in [5.41, 5.74) is -0.375. The summed E-state index contributed by atoms with van der Waals surface area (Å²) in [6.45, 7) is 5.47. The highest BCUT2D eigenvalue weighted by atomic mass is 32.2. The van der Waals surface area contributed by atoms with E-state index in [0.717, 1.165) is 12.3 Å². The Bertz CT molecular complexity index is 574. The standard InChI is InChI=1S/C13H20F2N2O2S/c1-9(11-6-5-10(14)7-12(11)15)16-8-13(2,3)17-20(4,18)19/h5-7,9,16-17H,8H2,1-4H3. The van der Waals surface area contributed by atoms with Gasteiger partial charge in [0.2, 0.25) is 10.0 Å². The summed E-state index contributed by atoms with van der Waals surface area (Å²) in [7, 11) is -3.32. The van der Waals surface area contributed by atoms with Crippen LogP contribution in [0.1, 0.15) is 32.4 Å². The third-order valence-electron chi connectivity index (χ3n) is 2.74. The Hall–Kier alpha value is -1.05. The molecule has 20 heavy (non-hydrogen) atoms. The zero-order valence-electron chi connectivity index (χ0n) is 12.0. The molecule has 1 atom stereocenters. The van der Waals surface area contributed by atoms with Crippen molar-refractivity contribution in [1.82, 2.24) is 10.0 Å². The number of rotatable bonds is 6. The quantitative estimate of drug-likeness (QED) is 0.844. The number of hydrogen-bond donors (Lipinski definition) is 2. The summed E-state index contributed by atoms with van der Waals surface area (Å²) < 4.78 is 51.3. The van der Waals surface area contributed by atoms with E-state index in [0.29, 0.717) is 12.1 Å². The van der Waals surface area contributed by atoms with Crippen LogP contribution in [0.2, 0.25) is 0 Å². The number of nitrogens with one attached hydrogen (secondary N) is 2. The van der Waals surface area contributed by atoms with Gasteiger partial charge in [0, 0.05) is 29.8 Å². The normalized spacial score (nSPS) is 14.3. The van der Waals surface area contributed by atoms with E-state index in [-0.39, 0.29) is 6.04 Å². The first-order chi connectivity index (χ1) is 9.00. The van der Waals surface area contributed by atoms with Gasteiger partial charge in [-0.2, -0.15) is 0 Å². The fraction of sp³-hybridized carbons (Fsp3) is 0.538. The van der Waals surface area contributed by atoms with E-state index in [2.05, 4.69) is 10.0 Å². The van der Waals surface area contributed by atoms with Crippen molar-refractivity contribution in [3.05, 3.63) is 35.4 Å². The molecule has 0 saturated heterocycles. The zero-order valence-corrected chi connectivity index (χ0v) is 12.8. The van der Waals surface area contributed by atoms with Crippen molar-refractivity contribution < 1.29 is 17.2 Å². The third kappa shape index (κ3) is 5.52. The van der Waals surface area contributed by atoms with Gasteiger partial charge in [-0.05, 0) is 26.8 Å². The Kier molecular flexibility index (Phi) is 5.23. The maximum atomic E-state index is 13.6. The highest BCUT2D eigenvalue weighted by Gasteiger charge is 2.23. The minimum atomic E-state index is -3.32. The third-order valence-corrected chi connectivity index (χ3v) is 3.66. The minimum Gasteiger partial charge on any atom is -0.308 e. The predicted molar refractivity (Wildman–Crippen MR) is 74.8 cm³/mol. The summed E-state index contributed by atoms with van der Waals surface area (Å²) in [6, 6.07) is 3.03. The van der Waals surface area contributed by atoms with Gasteiger partial charge in [0.05, 0.1) is 6.26 Å². The second-order valence-electron chi connectivity index (χ2n) is 5.53. The topological polar surface area (TPSA) is 58.2 Å². The van der Waals surface area contributed by atoms with E-state index in [9.17, 15) is 17.2 Å². The summed E-state index contributed by atoms with van der Waals surface area (Å²) in [4.78, 5) is 0. The molecule has 1 rings (SSSR count). The van der Waals surface area contributed by atoms with Gasteiger partial charge in [0.1, 0.15) is 11.6 Å². The van der Waals surface area contributed by atoms with Crippen molar-refractivity contribution in [3.63, 3.8) is 0 Å². The van der Waals surface area contributed by atoms with Gasteiger partial charge in [0.15, 0.2) is 0 Å². The summed E-state index contributed by atoms with van der Waals surface area (Å²) >= 11 is 0. The first-order valence-corrected chi connectivity index (χ1v) is 8.06. The molecule has 114 valence electrons. The van der Waals surface area contributed by atoms with Crippen LogP contribution in [0.4, 0.5) is 8.78 Å². The molecule has 0 aromatic heterocycles. The molecule has 0 fully saturated rings. The van der Waals surface area contributed by atoms with E-state index in [4.69, 9.17) is 0 Å². The van der Waals surface area contributed by atoms with Crippen LogP contribution >= 0.6 is 0 Å². The molecule has 0 saturated carbocycles. The van der Waals surface area contributed by atoms with Gasteiger partial charge in [-0.15, -0.1) is 0 Å². The highest BCUT2D eigenvalue weighted by molar-refractivity contribution is 7.88. The molecular formula is C13H20F2N2O2S. The van der Waals surface area contributed by atoms with Crippen LogP contribution in [0, 0.1) is 11.6 Å². The molecule has 0 spiro atoms. The van der Waals surface area contributed by atoms with Crippen molar-refractivity contribution in [2.75, 3.05) is 12.8 Å². The maximum Gasteiger partial charge on any atom is 0.209 e. The maximum absolute atomic E-state index is 13.6. The first-order valence-electron chi connectivity index (χ1n) is 6.17. The van der Waals surface area contributed by atoms with Gasteiger partial charge in [-0.1, -0.05) is 6.07 Å². The summed E-state index contributed by atoms with van der Waals surface area (Å²) in [5, 5.41) is 3.03. The van der Waals surface area contributed by atoms with E-state index in [1.807, 2.05) is 0 Å². The van der Waals surface area contributed by atoms with Crippen molar-refractivity contribution in [3.8, 4) is 0 Å². The molecule has 0 aliphatic heterocycles. The zero-order chi connectivity index (χ0) is 15.6. The Morgan fingerprint density at radius 3 is 2.40 bits per heavy atom. The van der Waals surface area contributed by atoms with Crippen LogP contribution < -0.4 is 10.0 Å². The molecule has 4 nitrogen and oxygen atoms in total. The lowest BCUT2D eigenvalue weighted by Crippen LogP contribution is -2.50. The largest absolute Gasteiger partial charge is 0.308 e. The number of sulfonamides is 1. The number of halogens is 2. The lowest BCUT2D eigenvalue weighted by Gasteiger charge is -2.27. The molecule has 2 N–H and O–H groups in total. The SMILES string of the molecule is CC(NCC(C)(C)NS(C)(=O)=O)c1ccc(F)cc1F. The fourth-order valence-corrected chi connectivity index (χ4v) is 2.98. The van der Waals surface area contributed by atoms with E-state index in [1.54, 1.807) is 20.8 Å². The second-order valence-corrected chi connectivity index (χ2v) is 7.27. The Morgan fingerprint density at radius 1 is 1.30 bits per heavy atom. The number of hydrogen-bond acceptors (Lipinski definition) is 3. The van der Waals surface area contributed by atoms with Gasteiger partial charge in [0.25, 0.3) is 0 Å². The first kappa shape index (κ1) is 17.0. The second kappa shape index (κ2) is 6.15. The average molecular weight is 306 g/mol. The molecule has 1 aromatic carbocycles. The van der Waals surface area contributed by atoms with Crippen molar-refractivity contribution >= 4 is 10.0 Å². The number of benzene rings is 1. The lowest BCUT2D eigenvalue weighted by molar-refractivity contribution is 0.394. The molecular weight excluding hydrogens is 286 g/mol. The Labute approximate surface area is 118 Å². The molecule has 0 aliphatic carbocycles.